The number of rotatable bonds is 1. The molecular weight excluding hydrogens is 368 g/mol. The number of nitrogens with one attached hydrogen (secondary N) is 2. The number of H-pyrrole nitrogens is 1. The summed E-state index contributed by atoms with van der Waals surface area (Å²) in [6, 6.07) is 11.8. The van der Waals surface area contributed by atoms with Crippen molar-refractivity contribution >= 4 is 44.7 Å². The quantitative estimate of drug-likeness (QED) is 0.461. The minimum atomic E-state index is -0.0798. The number of hydrogen-bond donors (Lipinski definition) is 3. The van der Waals surface area contributed by atoms with Crippen LogP contribution in [0.4, 0.5) is 0 Å². The van der Waals surface area contributed by atoms with Gasteiger partial charge < -0.3 is 15.4 Å². The molecule has 0 atom stereocenters. The molecule has 0 saturated heterocycles. The molecule has 0 unspecified atom stereocenters. The van der Waals surface area contributed by atoms with Crippen molar-refractivity contribution in [1.29, 1.82) is 0 Å². The first-order valence-corrected chi connectivity index (χ1v) is 9.18. The van der Waals surface area contributed by atoms with Crippen LogP contribution < -0.4 is 10.9 Å². The van der Waals surface area contributed by atoms with Crippen molar-refractivity contribution in [3.8, 4) is 16.9 Å². The average molecular weight is 385 g/mol. The average Bonchev–Trinajstić information content (AvgIpc) is 3.12. The summed E-state index contributed by atoms with van der Waals surface area (Å²) >= 11 is 1.43. The minimum absolute atomic E-state index is 0. The number of aromatic nitrogens is 1. The van der Waals surface area contributed by atoms with Crippen molar-refractivity contribution in [2.24, 2.45) is 0 Å². The van der Waals surface area contributed by atoms with Crippen LogP contribution in [0.3, 0.4) is 0 Å². The van der Waals surface area contributed by atoms with E-state index >= 15 is 0 Å². The Balaban J connectivity index is 0.00000168. The fraction of sp³-hybridized carbons (Fsp3) is 0.150. The molecule has 0 bridgehead atoms. The molecule has 0 fully saturated rings. The molecule has 2 aromatic carbocycles. The summed E-state index contributed by atoms with van der Waals surface area (Å²) in [7, 11) is 0. The molecule has 0 amide bonds. The zero-order valence-corrected chi connectivity index (χ0v) is 15.5. The second kappa shape index (κ2) is 6.43. The Labute approximate surface area is 159 Å². The van der Waals surface area contributed by atoms with Crippen LogP contribution in [0.2, 0.25) is 0 Å². The number of fused-ring (bicyclic) bond motifs is 4. The molecule has 0 aliphatic carbocycles. The van der Waals surface area contributed by atoms with E-state index in [9.17, 15) is 9.90 Å². The van der Waals surface area contributed by atoms with E-state index in [2.05, 4.69) is 28.5 Å². The molecule has 6 heteroatoms. The Morgan fingerprint density at radius 3 is 2.85 bits per heavy atom. The largest absolute Gasteiger partial charge is 0.507 e. The van der Waals surface area contributed by atoms with Crippen LogP contribution in [-0.4, -0.2) is 16.6 Å². The third kappa shape index (κ3) is 2.51. The lowest BCUT2D eigenvalue weighted by Gasteiger charge is -2.19. The molecule has 1 aliphatic rings. The van der Waals surface area contributed by atoms with E-state index in [1.165, 1.54) is 22.5 Å². The number of benzene rings is 2. The molecule has 26 heavy (non-hydrogen) atoms. The second-order valence-electron chi connectivity index (χ2n) is 6.41. The summed E-state index contributed by atoms with van der Waals surface area (Å²) in [6.07, 6.45) is 1.03. The number of phenolic OH excluding ortho intramolecular Hbond substituents is 1. The van der Waals surface area contributed by atoms with Gasteiger partial charge in [-0.3, -0.25) is 4.79 Å². The van der Waals surface area contributed by atoms with Gasteiger partial charge in [-0.05, 0) is 59.3 Å². The highest BCUT2D eigenvalue weighted by atomic mass is 35.5. The van der Waals surface area contributed by atoms with Gasteiger partial charge in [-0.15, -0.1) is 23.7 Å². The summed E-state index contributed by atoms with van der Waals surface area (Å²) in [4.78, 5) is 15.2. The summed E-state index contributed by atoms with van der Waals surface area (Å²) in [5.41, 5.74) is 5.06. The first kappa shape index (κ1) is 17.1. The fourth-order valence-corrected chi connectivity index (χ4v) is 4.56. The number of thiophene rings is 1. The minimum Gasteiger partial charge on any atom is -0.507 e. The number of aromatic amines is 1. The summed E-state index contributed by atoms with van der Waals surface area (Å²) in [5.74, 6) is 0.232. The highest BCUT2D eigenvalue weighted by molar-refractivity contribution is 7.17. The standard InChI is InChI=1S/C20H16N2O2S.ClH/c23-16-4-3-15-18(14-6-8-25-19(14)20(24)22-15)17(16)12-2-1-11-5-7-21-10-13(11)9-12;/h1-4,6,8-9,21,23H,5,7,10H2,(H,22,24);1H. The first-order chi connectivity index (χ1) is 12.2. The maximum Gasteiger partial charge on any atom is 0.266 e. The molecule has 0 saturated carbocycles. The Kier molecular flexibility index (Phi) is 4.23. The maximum atomic E-state index is 12.3. The van der Waals surface area contributed by atoms with Gasteiger partial charge in [-0.25, -0.2) is 0 Å². The SMILES string of the molecule is Cl.O=c1[nH]c2ccc(O)c(-c3ccc4c(c3)CNCC4)c2c2ccsc12. The molecule has 0 spiro atoms. The molecule has 4 nitrogen and oxygen atoms in total. The van der Waals surface area contributed by atoms with E-state index in [0.29, 0.717) is 4.70 Å². The number of hydrogen-bond acceptors (Lipinski definition) is 4. The number of pyridine rings is 1. The summed E-state index contributed by atoms with van der Waals surface area (Å²) < 4.78 is 0.693. The topological polar surface area (TPSA) is 65.1 Å². The predicted molar refractivity (Wildman–Crippen MR) is 110 cm³/mol. The van der Waals surface area contributed by atoms with Crippen LogP contribution >= 0.6 is 23.7 Å². The number of phenols is 1. The van der Waals surface area contributed by atoms with E-state index in [0.717, 1.165) is 46.9 Å². The third-order valence-electron chi connectivity index (χ3n) is 4.95. The van der Waals surface area contributed by atoms with Crippen molar-refractivity contribution in [3.63, 3.8) is 0 Å². The van der Waals surface area contributed by atoms with Crippen molar-refractivity contribution in [1.82, 2.24) is 10.3 Å². The molecule has 132 valence electrons. The second-order valence-corrected chi connectivity index (χ2v) is 7.33. The maximum absolute atomic E-state index is 12.3. The molecule has 4 aromatic rings. The molecule has 5 rings (SSSR count). The van der Waals surface area contributed by atoms with Gasteiger partial charge in [0.2, 0.25) is 0 Å². The summed E-state index contributed by atoms with van der Waals surface area (Å²) in [6.45, 7) is 1.85. The van der Waals surface area contributed by atoms with Gasteiger partial charge in [0.25, 0.3) is 5.56 Å². The third-order valence-corrected chi connectivity index (χ3v) is 5.87. The van der Waals surface area contributed by atoms with Crippen molar-refractivity contribution in [3.05, 3.63) is 63.3 Å². The molecule has 0 radical (unpaired) electrons. The van der Waals surface area contributed by atoms with E-state index < -0.39 is 0 Å². The van der Waals surface area contributed by atoms with Crippen molar-refractivity contribution in [2.45, 2.75) is 13.0 Å². The highest BCUT2D eigenvalue weighted by Crippen LogP contribution is 2.40. The van der Waals surface area contributed by atoms with E-state index in [4.69, 9.17) is 0 Å². The van der Waals surface area contributed by atoms with Crippen LogP contribution in [-0.2, 0) is 13.0 Å². The van der Waals surface area contributed by atoms with Gasteiger partial charge in [0.05, 0.1) is 0 Å². The van der Waals surface area contributed by atoms with Gasteiger partial charge in [-0.2, -0.15) is 0 Å². The van der Waals surface area contributed by atoms with Crippen LogP contribution in [0.5, 0.6) is 5.75 Å². The number of halogens is 1. The zero-order chi connectivity index (χ0) is 17.0. The van der Waals surface area contributed by atoms with Crippen LogP contribution in [0.25, 0.3) is 32.1 Å². The van der Waals surface area contributed by atoms with E-state index in [-0.39, 0.29) is 23.7 Å². The van der Waals surface area contributed by atoms with Crippen LogP contribution in [0.15, 0.2) is 46.6 Å². The Bertz CT molecular complexity index is 1200. The molecule has 3 N–H and O–H groups in total. The number of aromatic hydroxyl groups is 1. The van der Waals surface area contributed by atoms with Gasteiger partial charge in [0.1, 0.15) is 10.4 Å². The van der Waals surface area contributed by atoms with E-state index in [1.54, 1.807) is 12.1 Å². The van der Waals surface area contributed by atoms with Gasteiger partial charge in [-0.1, -0.05) is 12.1 Å². The molecule has 1 aliphatic heterocycles. The van der Waals surface area contributed by atoms with Crippen molar-refractivity contribution in [2.75, 3.05) is 6.54 Å². The Morgan fingerprint density at radius 2 is 1.96 bits per heavy atom. The lowest BCUT2D eigenvalue weighted by atomic mass is 9.92. The van der Waals surface area contributed by atoms with Crippen LogP contribution in [0, 0.1) is 0 Å². The van der Waals surface area contributed by atoms with Gasteiger partial charge >= 0.3 is 0 Å². The zero-order valence-electron chi connectivity index (χ0n) is 13.8. The normalized spacial score (nSPS) is 13.5. The predicted octanol–water partition coefficient (Wildman–Crippen LogP) is 4.18. The smallest absolute Gasteiger partial charge is 0.266 e. The van der Waals surface area contributed by atoms with Crippen LogP contribution in [0.1, 0.15) is 11.1 Å². The van der Waals surface area contributed by atoms with Crippen molar-refractivity contribution < 1.29 is 5.11 Å². The molecular formula is C20H17ClN2O2S. The lowest BCUT2D eigenvalue weighted by Crippen LogP contribution is -2.23. The van der Waals surface area contributed by atoms with Gasteiger partial charge in [0.15, 0.2) is 0 Å². The Morgan fingerprint density at radius 1 is 1.08 bits per heavy atom. The Hall–Kier alpha value is -2.34. The lowest BCUT2D eigenvalue weighted by molar-refractivity contribution is 0.478. The monoisotopic (exact) mass is 384 g/mol. The van der Waals surface area contributed by atoms with Gasteiger partial charge in [0, 0.05) is 28.4 Å². The summed E-state index contributed by atoms with van der Waals surface area (Å²) in [5, 5.41) is 17.7. The fourth-order valence-electron chi connectivity index (χ4n) is 3.76. The van der Waals surface area contributed by atoms with E-state index in [1.807, 2.05) is 11.4 Å². The first-order valence-electron chi connectivity index (χ1n) is 8.30. The highest BCUT2D eigenvalue weighted by Gasteiger charge is 2.17. The molecule has 3 heterocycles. The molecule has 2 aromatic heterocycles.